The van der Waals surface area contributed by atoms with Crippen molar-refractivity contribution in [3.05, 3.63) is 53.6 Å². The molecule has 0 radical (unpaired) electrons. The second-order valence-electron chi connectivity index (χ2n) is 7.43. The number of amides is 1. The molecule has 0 bridgehead atoms. The number of benzene rings is 2. The predicted molar refractivity (Wildman–Crippen MR) is 115 cm³/mol. The lowest BCUT2D eigenvalue weighted by Crippen LogP contribution is -2.28. The van der Waals surface area contributed by atoms with Gasteiger partial charge in [0.25, 0.3) is 0 Å². The second kappa shape index (κ2) is 8.99. The normalized spacial score (nSPS) is 19.6. The molecule has 1 atom stereocenters. The zero-order valence-electron chi connectivity index (χ0n) is 16.9. The van der Waals surface area contributed by atoms with Gasteiger partial charge in [-0.05, 0) is 49.4 Å². The van der Waals surface area contributed by atoms with Gasteiger partial charge < -0.3 is 19.1 Å². The minimum Gasteiger partial charge on any atom is -0.496 e. The SMILES string of the molecule is COc1ccccc1CN1C(=O)CSC1c1ccc(OC)c(OC2CCCC2)c1. The number of rotatable bonds is 7. The summed E-state index contributed by atoms with van der Waals surface area (Å²) in [5.74, 6) is 2.93. The Labute approximate surface area is 176 Å². The van der Waals surface area contributed by atoms with Crippen LogP contribution in [0.1, 0.15) is 42.2 Å². The number of hydrogen-bond donors (Lipinski definition) is 0. The van der Waals surface area contributed by atoms with E-state index in [-0.39, 0.29) is 17.4 Å². The van der Waals surface area contributed by atoms with E-state index in [9.17, 15) is 4.79 Å². The molecule has 1 amide bonds. The topological polar surface area (TPSA) is 48.0 Å². The first-order chi connectivity index (χ1) is 14.2. The first kappa shape index (κ1) is 20.0. The molecule has 2 fully saturated rings. The molecule has 1 aliphatic carbocycles. The Hall–Kier alpha value is -2.34. The first-order valence-electron chi connectivity index (χ1n) is 10.1. The molecule has 6 heteroatoms. The highest BCUT2D eigenvalue weighted by Gasteiger charge is 2.34. The molecule has 0 N–H and O–H groups in total. The number of ether oxygens (including phenoxy) is 3. The van der Waals surface area contributed by atoms with Gasteiger partial charge >= 0.3 is 0 Å². The summed E-state index contributed by atoms with van der Waals surface area (Å²) in [6, 6.07) is 13.9. The summed E-state index contributed by atoms with van der Waals surface area (Å²) in [4.78, 5) is 14.6. The van der Waals surface area contributed by atoms with E-state index in [4.69, 9.17) is 14.2 Å². The minimum absolute atomic E-state index is 0.0516. The van der Waals surface area contributed by atoms with Crippen LogP contribution in [0, 0.1) is 0 Å². The number of hydrogen-bond acceptors (Lipinski definition) is 5. The highest BCUT2D eigenvalue weighted by atomic mass is 32.2. The van der Waals surface area contributed by atoms with Gasteiger partial charge in [0.15, 0.2) is 11.5 Å². The Morgan fingerprint density at radius 2 is 1.76 bits per heavy atom. The molecule has 5 nitrogen and oxygen atoms in total. The third-order valence-electron chi connectivity index (χ3n) is 5.57. The van der Waals surface area contributed by atoms with Crippen molar-refractivity contribution in [1.29, 1.82) is 0 Å². The van der Waals surface area contributed by atoms with E-state index in [1.165, 1.54) is 12.8 Å². The van der Waals surface area contributed by atoms with Crippen LogP contribution in [-0.2, 0) is 11.3 Å². The van der Waals surface area contributed by atoms with Gasteiger partial charge in [0.2, 0.25) is 5.91 Å². The van der Waals surface area contributed by atoms with Gasteiger partial charge in [0.1, 0.15) is 11.1 Å². The predicted octanol–water partition coefficient (Wildman–Crippen LogP) is 4.80. The molecule has 1 unspecified atom stereocenters. The number of carbonyl (C=O) groups excluding carboxylic acids is 1. The molecule has 4 rings (SSSR count). The van der Waals surface area contributed by atoms with Crippen LogP contribution in [0.25, 0.3) is 0 Å². The monoisotopic (exact) mass is 413 g/mol. The molecule has 2 aromatic carbocycles. The number of thioether (sulfide) groups is 1. The molecule has 1 saturated heterocycles. The van der Waals surface area contributed by atoms with Gasteiger partial charge in [-0.3, -0.25) is 4.79 Å². The lowest BCUT2D eigenvalue weighted by atomic mass is 10.1. The number of methoxy groups -OCH3 is 2. The van der Waals surface area contributed by atoms with Crippen molar-refractivity contribution < 1.29 is 19.0 Å². The standard InChI is InChI=1S/C23H27NO4S/c1-26-19-10-6-3-7-17(19)14-24-22(25)15-29-23(24)16-11-12-20(27-2)21(13-16)28-18-8-4-5-9-18/h3,6-7,10-13,18,23H,4-5,8-9,14-15H2,1-2H3. The van der Waals surface area contributed by atoms with E-state index < -0.39 is 0 Å². The zero-order chi connectivity index (χ0) is 20.2. The van der Waals surface area contributed by atoms with Gasteiger partial charge in [-0.25, -0.2) is 0 Å². The van der Waals surface area contributed by atoms with E-state index in [1.54, 1.807) is 26.0 Å². The molecule has 0 spiro atoms. The van der Waals surface area contributed by atoms with Gasteiger partial charge in [-0.15, -0.1) is 11.8 Å². The summed E-state index contributed by atoms with van der Waals surface area (Å²) in [5, 5.41) is -0.0516. The maximum atomic E-state index is 12.7. The molecule has 2 aliphatic rings. The van der Waals surface area contributed by atoms with Crippen LogP contribution in [0.3, 0.4) is 0 Å². The largest absolute Gasteiger partial charge is 0.496 e. The number of nitrogens with zero attached hydrogens (tertiary/aromatic N) is 1. The van der Waals surface area contributed by atoms with Crippen molar-refractivity contribution in [1.82, 2.24) is 4.90 Å². The highest BCUT2D eigenvalue weighted by Crippen LogP contribution is 2.43. The molecular formula is C23H27NO4S. The van der Waals surface area contributed by atoms with Crippen molar-refractivity contribution in [2.45, 2.75) is 43.7 Å². The van der Waals surface area contributed by atoms with Crippen LogP contribution in [0.5, 0.6) is 17.2 Å². The van der Waals surface area contributed by atoms with Gasteiger partial charge in [-0.1, -0.05) is 24.3 Å². The third-order valence-corrected chi connectivity index (χ3v) is 6.83. The zero-order valence-corrected chi connectivity index (χ0v) is 17.7. The molecule has 1 heterocycles. The molecular weight excluding hydrogens is 386 g/mol. The van der Waals surface area contributed by atoms with Crippen molar-refractivity contribution in [3.63, 3.8) is 0 Å². The van der Waals surface area contributed by atoms with Crippen molar-refractivity contribution in [2.75, 3.05) is 20.0 Å². The fourth-order valence-electron chi connectivity index (χ4n) is 4.04. The summed E-state index contributed by atoms with van der Waals surface area (Å²) in [5.41, 5.74) is 2.07. The third kappa shape index (κ3) is 4.32. The van der Waals surface area contributed by atoms with E-state index in [2.05, 4.69) is 0 Å². The lowest BCUT2D eigenvalue weighted by Gasteiger charge is -2.26. The van der Waals surface area contributed by atoms with E-state index in [0.29, 0.717) is 12.3 Å². The molecule has 1 aliphatic heterocycles. The Morgan fingerprint density at radius 3 is 2.52 bits per heavy atom. The summed E-state index contributed by atoms with van der Waals surface area (Å²) >= 11 is 1.65. The van der Waals surface area contributed by atoms with Crippen molar-refractivity contribution >= 4 is 17.7 Å². The van der Waals surface area contributed by atoms with Crippen molar-refractivity contribution in [2.24, 2.45) is 0 Å². The molecule has 29 heavy (non-hydrogen) atoms. The number of carbonyl (C=O) groups is 1. The minimum atomic E-state index is -0.0516. The Morgan fingerprint density at radius 1 is 1.00 bits per heavy atom. The summed E-state index contributed by atoms with van der Waals surface area (Å²) in [6.45, 7) is 0.519. The van der Waals surface area contributed by atoms with E-state index >= 15 is 0 Å². The highest BCUT2D eigenvalue weighted by molar-refractivity contribution is 8.00. The summed E-state index contributed by atoms with van der Waals surface area (Å²) < 4.78 is 17.2. The summed E-state index contributed by atoms with van der Waals surface area (Å²) in [7, 11) is 3.32. The van der Waals surface area contributed by atoms with Crippen molar-refractivity contribution in [3.8, 4) is 17.2 Å². The average Bonchev–Trinajstić information content (AvgIpc) is 3.39. The maximum Gasteiger partial charge on any atom is 0.234 e. The Balaban J connectivity index is 1.59. The van der Waals surface area contributed by atoms with Crippen LogP contribution in [-0.4, -0.2) is 36.9 Å². The van der Waals surface area contributed by atoms with E-state index in [0.717, 1.165) is 41.2 Å². The smallest absolute Gasteiger partial charge is 0.234 e. The molecule has 0 aromatic heterocycles. The van der Waals surface area contributed by atoms with Gasteiger partial charge in [0, 0.05) is 5.56 Å². The van der Waals surface area contributed by atoms with Crippen LogP contribution < -0.4 is 14.2 Å². The van der Waals surface area contributed by atoms with Crippen LogP contribution in [0.4, 0.5) is 0 Å². The maximum absolute atomic E-state index is 12.7. The van der Waals surface area contributed by atoms with Gasteiger partial charge in [-0.2, -0.15) is 0 Å². The fraction of sp³-hybridized carbons (Fsp3) is 0.435. The number of para-hydroxylation sites is 1. The fourth-order valence-corrected chi connectivity index (χ4v) is 5.22. The Bertz CT molecular complexity index is 866. The first-order valence-corrected chi connectivity index (χ1v) is 11.1. The quantitative estimate of drug-likeness (QED) is 0.653. The molecule has 2 aromatic rings. The molecule has 1 saturated carbocycles. The van der Waals surface area contributed by atoms with E-state index in [1.807, 2.05) is 47.4 Å². The Kier molecular flexibility index (Phi) is 6.19. The molecule has 154 valence electrons. The van der Waals surface area contributed by atoms with Crippen LogP contribution in [0.2, 0.25) is 0 Å². The second-order valence-corrected chi connectivity index (χ2v) is 8.50. The van der Waals surface area contributed by atoms with Crippen LogP contribution >= 0.6 is 11.8 Å². The van der Waals surface area contributed by atoms with Crippen LogP contribution in [0.15, 0.2) is 42.5 Å². The van der Waals surface area contributed by atoms with Gasteiger partial charge in [0.05, 0.1) is 32.6 Å². The average molecular weight is 414 g/mol. The lowest BCUT2D eigenvalue weighted by molar-refractivity contribution is -0.128. The summed E-state index contributed by atoms with van der Waals surface area (Å²) in [6.07, 6.45) is 4.86.